The number of aryl methyl sites for hydroxylation is 1. The largest absolute Gasteiger partial charge is 0.374 e. The van der Waals surface area contributed by atoms with Crippen molar-refractivity contribution in [2.75, 3.05) is 38.2 Å². The van der Waals surface area contributed by atoms with Gasteiger partial charge in [-0.1, -0.05) is 6.07 Å². The van der Waals surface area contributed by atoms with E-state index in [0.29, 0.717) is 5.56 Å². The molecule has 1 saturated heterocycles. The Bertz CT molecular complexity index is 456. The highest BCUT2D eigenvalue weighted by molar-refractivity contribution is 5.98. The van der Waals surface area contributed by atoms with Gasteiger partial charge in [-0.3, -0.25) is 4.79 Å². The molecular formula is C14H21N3O2. The second-order valence-corrected chi connectivity index (χ2v) is 4.96. The molecule has 1 aliphatic heterocycles. The summed E-state index contributed by atoms with van der Waals surface area (Å²) in [5, 5.41) is 3.30. The van der Waals surface area contributed by atoms with Crippen LogP contribution in [0, 0.1) is 6.92 Å². The zero-order chi connectivity index (χ0) is 13.8. The van der Waals surface area contributed by atoms with Gasteiger partial charge in [-0.25, -0.2) is 0 Å². The number of hydrogen-bond acceptors (Lipinski definition) is 4. The topological polar surface area (TPSA) is 67.6 Å². The van der Waals surface area contributed by atoms with E-state index in [4.69, 9.17) is 10.5 Å². The van der Waals surface area contributed by atoms with Gasteiger partial charge in [0.25, 0.3) is 5.91 Å². The van der Waals surface area contributed by atoms with Gasteiger partial charge in [0.1, 0.15) is 0 Å². The molecule has 1 atom stereocenters. The lowest BCUT2D eigenvalue weighted by molar-refractivity contribution is 0.0340. The molecule has 0 aromatic heterocycles. The number of rotatable bonds is 4. The van der Waals surface area contributed by atoms with Crippen molar-refractivity contribution in [3.8, 4) is 0 Å². The van der Waals surface area contributed by atoms with Gasteiger partial charge in [0.2, 0.25) is 0 Å². The van der Waals surface area contributed by atoms with Gasteiger partial charge in [-0.2, -0.15) is 0 Å². The van der Waals surface area contributed by atoms with Crippen molar-refractivity contribution in [2.45, 2.75) is 13.0 Å². The lowest BCUT2D eigenvalue weighted by atomic mass is 10.1. The van der Waals surface area contributed by atoms with Crippen LogP contribution in [0.5, 0.6) is 0 Å². The summed E-state index contributed by atoms with van der Waals surface area (Å²) in [6.07, 6.45) is 0.139. The van der Waals surface area contributed by atoms with Crippen LogP contribution in [0.4, 0.5) is 5.69 Å². The van der Waals surface area contributed by atoms with Gasteiger partial charge in [0, 0.05) is 32.4 Å². The normalized spacial score (nSPS) is 19.2. The van der Waals surface area contributed by atoms with E-state index in [1.54, 1.807) is 6.07 Å². The van der Waals surface area contributed by atoms with Gasteiger partial charge in [-0.15, -0.1) is 0 Å². The number of nitrogens with zero attached hydrogens (tertiary/aromatic N) is 1. The second-order valence-electron chi connectivity index (χ2n) is 4.96. The number of hydrogen-bond donors (Lipinski definition) is 2. The summed E-state index contributed by atoms with van der Waals surface area (Å²) < 4.78 is 5.68. The molecule has 5 nitrogen and oxygen atoms in total. The first-order chi connectivity index (χ1) is 9.08. The van der Waals surface area contributed by atoms with Crippen LogP contribution in [0.15, 0.2) is 18.2 Å². The van der Waals surface area contributed by atoms with Crippen LogP contribution in [0.3, 0.4) is 0 Å². The quantitative estimate of drug-likeness (QED) is 0.831. The molecule has 1 heterocycles. The first-order valence-electron chi connectivity index (χ1n) is 6.52. The molecule has 1 unspecified atom stereocenters. The Morgan fingerprint density at radius 3 is 3.00 bits per heavy atom. The first kappa shape index (κ1) is 13.8. The van der Waals surface area contributed by atoms with E-state index >= 15 is 0 Å². The molecule has 3 N–H and O–H groups in total. The van der Waals surface area contributed by atoms with Crippen molar-refractivity contribution in [3.05, 3.63) is 29.3 Å². The number of nitrogens with one attached hydrogen (secondary N) is 1. The summed E-state index contributed by atoms with van der Waals surface area (Å²) >= 11 is 0. The number of primary amides is 1. The summed E-state index contributed by atoms with van der Waals surface area (Å²) in [4.78, 5) is 13.5. The second kappa shape index (κ2) is 6.04. The number of benzene rings is 1. The number of carbonyl (C=O) groups excluding carboxylic acids is 1. The smallest absolute Gasteiger partial charge is 0.250 e. The highest BCUT2D eigenvalue weighted by atomic mass is 16.5. The van der Waals surface area contributed by atoms with Crippen molar-refractivity contribution in [1.82, 2.24) is 5.32 Å². The fraction of sp³-hybridized carbons (Fsp3) is 0.500. The Hall–Kier alpha value is -1.59. The van der Waals surface area contributed by atoms with Crippen molar-refractivity contribution in [1.29, 1.82) is 0 Å². The standard InChI is InChI=1S/C14H21N3O2/c1-10-3-4-12(14(15)18)13(7-10)17(2)9-11-8-16-5-6-19-11/h3-4,7,11,16H,5-6,8-9H2,1-2H3,(H2,15,18). The molecule has 0 saturated carbocycles. The van der Waals surface area contributed by atoms with Crippen LogP contribution >= 0.6 is 0 Å². The average Bonchev–Trinajstić information content (AvgIpc) is 2.39. The van der Waals surface area contributed by atoms with Crippen LogP contribution < -0.4 is 16.0 Å². The number of anilines is 1. The van der Waals surface area contributed by atoms with Gasteiger partial charge in [-0.05, 0) is 24.6 Å². The molecule has 0 spiro atoms. The molecule has 1 fully saturated rings. The van der Waals surface area contributed by atoms with Gasteiger partial charge in [0.15, 0.2) is 0 Å². The molecule has 19 heavy (non-hydrogen) atoms. The van der Waals surface area contributed by atoms with Gasteiger partial charge >= 0.3 is 0 Å². The summed E-state index contributed by atoms with van der Waals surface area (Å²) in [6.45, 7) is 5.20. The predicted molar refractivity (Wildman–Crippen MR) is 75.6 cm³/mol. The average molecular weight is 263 g/mol. The fourth-order valence-corrected chi connectivity index (χ4v) is 2.31. The molecular weight excluding hydrogens is 242 g/mol. The highest BCUT2D eigenvalue weighted by Gasteiger charge is 2.18. The van der Waals surface area contributed by atoms with Gasteiger partial charge in [0.05, 0.1) is 18.3 Å². The van der Waals surface area contributed by atoms with Crippen LogP contribution in [-0.2, 0) is 4.74 Å². The van der Waals surface area contributed by atoms with E-state index in [1.807, 2.05) is 31.0 Å². The van der Waals surface area contributed by atoms with Gasteiger partial charge < -0.3 is 20.7 Å². The lowest BCUT2D eigenvalue weighted by Crippen LogP contribution is -2.44. The molecule has 1 aliphatic rings. The maximum atomic E-state index is 11.5. The molecule has 0 bridgehead atoms. The molecule has 0 radical (unpaired) electrons. The van der Waals surface area contributed by atoms with E-state index in [2.05, 4.69) is 5.32 Å². The summed E-state index contributed by atoms with van der Waals surface area (Å²) in [6, 6.07) is 5.66. The minimum Gasteiger partial charge on any atom is -0.374 e. The Labute approximate surface area is 113 Å². The number of likely N-dealkylation sites (N-methyl/N-ethyl adjacent to an activating group) is 1. The van der Waals surface area contributed by atoms with E-state index in [-0.39, 0.29) is 6.10 Å². The maximum absolute atomic E-state index is 11.5. The van der Waals surface area contributed by atoms with Crippen molar-refractivity contribution in [3.63, 3.8) is 0 Å². The monoisotopic (exact) mass is 263 g/mol. The Morgan fingerprint density at radius 2 is 2.37 bits per heavy atom. The first-order valence-corrected chi connectivity index (χ1v) is 6.52. The van der Waals surface area contributed by atoms with Crippen LogP contribution in [0.2, 0.25) is 0 Å². The zero-order valence-electron chi connectivity index (χ0n) is 11.5. The third-order valence-electron chi connectivity index (χ3n) is 3.31. The Kier molecular flexibility index (Phi) is 4.39. The number of ether oxygens (including phenoxy) is 1. The number of amides is 1. The lowest BCUT2D eigenvalue weighted by Gasteiger charge is -2.30. The molecule has 1 amide bonds. The Morgan fingerprint density at radius 1 is 1.58 bits per heavy atom. The minimum absolute atomic E-state index is 0.139. The van der Waals surface area contributed by atoms with E-state index in [9.17, 15) is 4.79 Å². The molecule has 104 valence electrons. The maximum Gasteiger partial charge on any atom is 0.250 e. The minimum atomic E-state index is -0.399. The molecule has 5 heteroatoms. The van der Waals surface area contributed by atoms with Crippen LogP contribution in [0.1, 0.15) is 15.9 Å². The van der Waals surface area contributed by atoms with Crippen molar-refractivity contribution >= 4 is 11.6 Å². The Balaban J connectivity index is 2.14. The summed E-state index contributed by atoms with van der Waals surface area (Å²) in [7, 11) is 1.96. The molecule has 2 rings (SSSR count). The van der Waals surface area contributed by atoms with E-state index in [0.717, 1.165) is 37.5 Å². The van der Waals surface area contributed by atoms with Crippen molar-refractivity contribution < 1.29 is 9.53 Å². The molecule has 0 aliphatic carbocycles. The third-order valence-corrected chi connectivity index (χ3v) is 3.31. The zero-order valence-corrected chi connectivity index (χ0v) is 11.5. The predicted octanol–water partition coefficient (Wildman–Crippen LogP) is 0.519. The highest BCUT2D eigenvalue weighted by Crippen LogP contribution is 2.21. The number of nitrogens with two attached hydrogens (primary N) is 1. The number of carbonyl (C=O) groups is 1. The SMILES string of the molecule is Cc1ccc(C(N)=O)c(N(C)CC2CNCCO2)c1. The third kappa shape index (κ3) is 3.45. The van der Waals surface area contributed by atoms with E-state index < -0.39 is 5.91 Å². The summed E-state index contributed by atoms with van der Waals surface area (Å²) in [5.41, 5.74) is 7.95. The molecule has 1 aromatic rings. The number of morpholine rings is 1. The fourth-order valence-electron chi connectivity index (χ4n) is 2.31. The van der Waals surface area contributed by atoms with Crippen LogP contribution in [-0.4, -0.2) is 45.3 Å². The van der Waals surface area contributed by atoms with Crippen LogP contribution in [0.25, 0.3) is 0 Å². The van der Waals surface area contributed by atoms with E-state index in [1.165, 1.54) is 0 Å². The van der Waals surface area contributed by atoms with Crippen molar-refractivity contribution in [2.24, 2.45) is 5.73 Å². The summed E-state index contributed by atoms with van der Waals surface area (Å²) in [5.74, 6) is -0.399. The molecule has 1 aromatic carbocycles.